The topological polar surface area (TPSA) is 55.8 Å². The van der Waals surface area contributed by atoms with Gasteiger partial charge in [-0.25, -0.2) is 4.79 Å². The summed E-state index contributed by atoms with van der Waals surface area (Å²) in [6.07, 6.45) is 3.26. The summed E-state index contributed by atoms with van der Waals surface area (Å²) in [6, 6.07) is 0. The van der Waals surface area contributed by atoms with Gasteiger partial charge in [0.15, 0.2) is 8.32 Å². The average Bonchev–Trinajstić information content (AvgIpc) is 2.50. The van der Waals surface area contributed by atoms with Crippen molar-refractivity contribution in [1.82, 2.24) is 0 Å². The molecule has 1 unspecified atom stereocenters. The van der Waals surface area contributed by atoms with E-state index in [1.807, 2.05) is 0 Å². The molecule has 1 aliphatic carbocycles. The number of carbonyl (C=O) groups is 1. The van der Waals surface area contributed by atoms with Gasteiger partial charge in [0, 0.05) is 30.6 Å². The largest absolute Gasteiger partial charge is 0.426 e. The lowest BCUT2D eigenvalue weighted by atomic mass is 9.88. The van der Waals surface area contributed by atoms with E-state index in [0.717, 1.165) is 6.42 Å². The third kappa shape index (κ3) is 2.78. The number of hydrogen-bond acceptors (Lipinski definition) is 4. The van der Waals surface area contributed by atoms with Crippen molar-refractivity contribution in [1.29, 1.82) is 0 Å². The number of esters is 1. The van der Waals surface area contributed by atoms with Gasteiger partial charge in [0.25, 0.3) is 0 Å². The summed E-state index contributed by atoms with van der Waals surface area (Å²) in [5.74, 6) is -1.80. The molecule has 2 atom stereocenters. The summed E-state index contributed by atoms with van der Waals surface area (Å²) in [5, 5.41) is 10.4. The molecule has 0 aromatic carbocycles. The summed E-state index contributed by atoms with van der Waals surface area (Å²) in [6.45, 7) is 11.1. The molecule has 0 saturated heterocycles. The van der Waals surface area contributed by atoms with Crippen LogP contribution in [0.25, 0.3) is 0 Å². The number of ether oxygens (including phenoxy) is 1. The van der Waals surface area contributed by atoms with Gasteiger partial charge >= 0.3 is 5.97 Å². The molecular formula is C14H24O4Si. The van der Waals surface area contributed by atoms with E-state index in [2.05, 4.69) is 33.9 Å². The van der Waals surface area contributed by atoms with Gasteiger partial charge in [-0.2, -0.15) is 0 Å². The second-order valence-electron chi connectivity index (χ2n) is 7.12. The van der Waals surface area contributed by atoms with Crippen LogP contribution in [0.5, 0.6) is 0 Å². The molecule has 0 bridgehead atoms. The van der Waals surface area contributed by atoms with Crippen LogP contribution in [0, 0.1) is 0 Å². The highest BCUT2D eigenvalue weighted by Crippen LogP contribution is 2.43. The van der Waals surface area contributed by atoms with E-state index in [9.17, 15) is 9.90 Å². The monoisotopic (exact) mass is 284 g/mol. The van der Waals surface area contributed by atoms with Gasteiger partial charge in [-0.1, -0.05) is 20.8 Å². The molecule has 1 heterocycles. The van der Waals surface area contributed by atoms with E-state index in [1.54, 1.807) is 0 Å². The van der Waals surface area contributed by atoms with Gasteiger partial charge in [-0.05, 0) is 24.6 Å². The minimum atomic E-state index is -1.81. The summed E-state index contributed by atoms with van der Waals surface area (Å²) >= 11 is 0. The van der Waals surface area contributed by atoms with Crippen molar-refractivity contribution >= 4 is 14.3 Å². The molecule has 5 heteroatoms. The minimum absolute atomic E-state index is 0.0851. The van der Waals surface area contributed by atoms with Gasteiger partial charge in [-0.15, -0.1) is 0 Å². The normalized spacial score (nSPS) is 31.8. The van der Waals surface area contributed by atoms with Gasteiger partial charge in [0.05, 0.1) is 0 Å². The fraction of sp³-hybridized carbons (Fsp3) is 0.786. The number of rotatable bonds is 2. The van der Waals surface area contributed by atoms with Crippen LogP contribution in [0.1, 0.15) is 40.0 Å². The molecule has 108 valence electrons. The molecule has 1 N–H and O–H groups in total. The molecule has 0 amide bonds. The number of fused-ring (bicyclic) bond motifs is 1. The lowest BCUT2D eigenvalue weighted by Gasteiger charge is -2.42. The molecule has 4 nitrogen and oxygen atoms in total. The van der Waals surface area contributed by atoms with Crippen molar-refractivity contribution in [3.63, 3.8) is 0 Å². The predicted octanol–water partition coefficient (Wildman–Crippen LogP) is 2.73. The van der Waals surface area contributed by atoms with Crippen molar-refractivity contribution in [2.45, 2.75) is 70.1 Å². The molecule has 19 heavy (non-hydrogen) atoms. The minimum Gasteiger partial charge on any atom is -0.426 e. The van der Waals surface area contributed by atoms with Crippen LogP contribution >= 0.6 is 0 Å². The first-order chi connectivity index (χ1) is 8.53. The number of carbonyl (C=O) groups excluding carboxylic acids is 1. The first-order valence-electron chi connectivity index (χ1n) is 6.88. The van der Waals surface area contributed by atoms with Crippen molar-refractivity contribution in [3.8, 4) is 0 Å². The standard InChI is InChI=1S/C14H24O4Si/c1-13(2,3)19(4,5)18-11-6-7-14(16)10(8-11)9-12(15)17-14/h9,11,16H,6-8H2,1-5H3/t11-,14?/m0/s1. The Hall–Kier alpha value is -0.653. The molecule has 0 aromatic rings. The third-order valence-electron chi connectivity index (χ3n) is 4.58. The Bertz CT molecular complexity index is 422. The fourth-order valence-electron chi connectivity index (χ4n) is 2.34. The van der Waals surface area contributed by atoms with E-state index in [-0.39, 0.29) is 11.1 Å². The highest BCUT2D eigenvalue weighted by atomic mass is 28.4. The van der Waals surface area contributed by atoms with Gasteiger partial charge in [0.2, 0.25) is 5.79 Å². The van der Waals surface area contributed by atoms with E-state index in [1.165, 1.54) is 6.08 Å². The Morgan fingerprint density at radius 1 is 1.47 bits per heavy atom. The van der Waals surface area contributed by atoms with Crippen LogP contribution < -0.4 is 0 Å². The van der Waals surface area contributed by atoms with Crippen molar-refractivity contribution in [2.75, 3.05) is 0 Å². The van der Waals surface area contributed by atoms with E-state index in [0.29, 0.717) is 18.4 Å². The van der Waals surface area contributed by atoms with Crippen molar-refractivity contribution < 1.29 is 19.1 Å². The second kappa shape index (κ2) is 4.43. The van der Waals surface area contributed by atoms with Crippen LogP contribution in [0.15, 0.2) is 11.6 Å². The zero-order chi connectivity index (χ0) is 14.5. The molecule has 2 aliphatic rings. The molecule has 1 aliphatic heterocycles. The lowest BCUT2D eigenvalue weighted by Crippen LogP contribution is -2.47. The molecule has 0 aromatic heterocycles. The molecule has 0 radical (unpaired) electrons. The maximum absolute atomic E-state index is 11.3. The van der Waals surface area contributed by atoms with Crippen LogP contribution in [-0.4, -0.2) is 31.3 Å². The zero-order valence-corrected chi connectivity index (χ0v) is 13.4. The highest BCUT2D eigenvalue weighted by Gasteiger charge is 2.47. The zero-order valence-electron chi connectivity index (χ0n) is 12.4. The Balaban J connectivity index is 2.07. The molecule has 1 fully saturated rings. The molecular weight excluding hydrogens is 260 g/mol. The predicted molar refractivity (Wildman–Crippen MR) is 75.0 cm³/mol. The number of aliphatic hydroxyl groups is 1. The summed E-state index contributed by atoms with van der Waals surface area (Å²) in [4.78, 5) is 11.3. The van der Waals surface area contributed by atoms with Crippen LogP contribution in [-0.2, 0) is 14.0 Å². The highest BCUT2D eigenvalue weighted by molar-refractivity contribution is 6.74. The number of hydrogen-bond donors (Lipinski definition) is 1. The van der Waals surface area contributed by atoms with E-state index in [4.69, 9.17) is 9.16 Å². The van der Waals surface area contributed by atoms with Crippen molar-refractivity contribution in [3.05, 3.63) is 11.6 Å². The van der Waals surface area contributed by atoms with Crippen LogP contribution in [0.2, 0.25) is 18.1 Å². The lowest BCUT2D eigenvalue weighted by molar-refractivity contribution is -0.189. The Kier molecular flexibility index (Phi) is 3.44. The molecule has 1 saturated carbocycles. The fourth-order valence-corrected chi connectivity index (χ4v) is 3.73. The van der Waals surface area contributed by atoms with E-state index < -0.39 is 20.1 Å². The quantitative estimate of drug-likeness (QED) is 0.626. The Morgan fingerprint density at radius 3 is 2.68 bits per heavy atom. The van der Waals surface area contributed by atoms with Gasteiger partial charge in [-0.3, -0.25) is 0 Å². The molecule has 2 rings (SSSR count). The summed E-state index contributed by atoms with van der Waals surface area (Å²) < 4.78 is 11.3. The van der Waals surface area contributed by atoms with Crippen molar-refractivity contribution in [2.24, 2.45) is 0 Å². The maximum Gasteiger partial charge on any atom is 0.333 e. The maximum atomic E-state index is 11.3. The summed E-state index contributed by atoms with van der Waals surface area (Å²) in [5.41, 5.74) is 0.674. The average molecular weight is 284 g/mol. The summed E-state index contributed by atoms with van der Waals surface area (Å²) in [7, 11) is -1.81. The first-order valence-corrected chi connectivity index (χ1v) is 9.79. The van der Waals surface area contributed by atoms with Gasteiger partial charge in [0.1, 0.15) is 0 Å². The second-order valence-corrected chi connectivity index (χ2v) is 11.9. The van der Waals surface area contributed by atoms with Crippen LogP contribution in [0.4, 0.5) is 0 Å². The first kappa shape index (κ1) is 14.7. The Morgan fingerprint density at radius 2 is 2.11 bits per heavy atom. The third-order valence-corrected chi connectivity index (χ3v) is 9.12. The van der Waals surface area contributed by atoms with Gasteiger partial charge < -0.3 is 14.3 Å². The SMILES string of the molecule is CC(C)(C)[Si](C)(C)O[C@H]1CCC2(O)OC(=O)C=C2C1. The van der Waals surface area contributed by atoms with E-state index >= 15 is 0 Å². The van der Waals surface area contributed by atoms with Crippen LogP contribution in [0.3, 0.4) is 0 Å². The smallest absolute Gasteiger partial charge is 0.333 e. The Labute approximate surface area is 115 Å². The molecule has 0 spiro atoms.